The number of hydrogen-bond acceptors (Lipinski definition) is 7. The highest BCUT2D eigenvalue weighted by Crippen LogP contribution is 2.37. The fourth-order valence-electron chi connectivity index (χ4n) is 3.86. The molecule has 0 aromatic heterocycles. The Bertz CT molecular complexity index is 1450. The number of barbiturate groups is 1. The molecule has 10 heteroatoms. The summed E-state index contributed by atoms with van der Waals surface area (Å²) < 4.78 is 22.9. The average molecular weight is 595 g/mol. The molecule has 0 bridgehead atoms. The fourth-order valence-corrected chi connectivity index (χ4v) is 4.43. The minimum atomic E-state index is -0.835. The van der Waals surface area contributed by atoms with Crippen molar-refractivity contribution in [1.82, 2.24) is 5.32 Å². The van der Waals surface area contributed by atoms with E-state index in [2.05, 4.69) is 21.2 Å². The zero-order valence-corrected chi connectivity index (χ0v) is 23.5. The number of anilines is 1. The monoisotopic (exact) mass is 594 g/mol. The van der Waals surface area contributed by atoms with Crippen LogP contribution in [0.4, 0.5) is 10.5 Å². The highest BCUT2D eigenvalue weighted by molar-refractivity contribution is 9.10. The maximum absolute atomic E-state index is 13.2. The molecule has 1 fully saturated rings. The van der Waals surface area contributed by atoms with Crippen molar-refractivity contribution < 1.29 is 33.3 Å². The number of benzene rings is 3. The van der Waals surface area contributed by atoms with Gasteiger partial charge in [-0.15, -0.1) is 0 Å². The van der Waals surface area contributed by atoms with Crippen molar-refractivity contribution >= 4 is 45.5 Å². The third kappa shape index (κ3) is 6.23. The lowest BCUT2D eigenvalue weighted by Crippen LogP contribution is -2.54. The summed E-state index contributed by atoms with van der Waals surface area (Å²) in [6.07, 6.45) is 1.39. The number of methoxy groups -OCH3 is 2. The molecule has 0 atom stereocenters. The van der Waals surface area contributed by atoms with Crippen molar-refractivity contribution in [3.63, 3.8) is 0 Å². The molecule has 1 aliphatic rings. The first kappa shape index (κ1) is 27.7. The molecule has 0 aliphatic carbocycles. The van der Waals surface area contributed by atoms with Gasteiger partial charge < -0.3 is 18.9 Å². The van der Waals surface area contributed by atoms with Crippen LogP contribution in [0.25, 0.3) is 6.08 Å². The number of aryl methyl sites for hydroxylation is 2. The number of amides is 4. The molecule has 0 saturated carbocycles. The molecule has 39 heavy (non-hydrogen) atoms. The largest absolute Gasteiger partial charge is 0.497 e. The van der Waals surface area contributed by atoms with Crippen LogP contribution in [-0.2, 0) is 9.59 Å². The first-order valence-electron chi connectivity index (χ1n) is 12.0. The number of nitrogens with one attached hydrogen (secondary N) is 1. The molecule has 3 aromatic rings. The summed E-state index contributed by atoms with van der Waals surface area (Å²) in [6, 6.07) is 14.7. The van der Waals surface area contributed by atoms with E-state index in [-0.39, 0.29) is 12.2 Å². The van der Waals surface area contributed by atoms with Gasteiger partial charge in [-0.05, 0) is 101 Å². The Morgan fingerprint density at radius 3 is 2.21 bits per heavy atom. The fraction of sp³-hybridized carbons (Fsp3) is 0.207. The third-order valence-electron chi connectivity index (χ3n) is 6.07. The summed E-state index contributed by atoms with van der Waals surface area (Å²) in [7, 11) is 3.00. The molecule has 1 N–H and O–H groups in total. The molecule has 4 amide bonds. The van der Waals surface area contributed by atoms with Gasteiger partial charge >= 0.3 is 6.03 Å². The summed E-state index contributed by atoms with van der Waals surface area (Å²) in [4.78, 5) is 39.2. The summed E-state index contributed by atoms with van der Waals surface area (Å²) in [6.45, 7) is 4.63. The number of ether oxygens (including phenoxy) is 4. The summed E-state index contributed by atoms with van der Waals surface area (Å²) >= 11 is 3.48. The van der Waals surface area contributed by atoms with Crippen LogP contribution >= 0.6 is 15.9 Å². The van der Waals surface area contributed by atoms with Crippen LogP contribution in [0.2, 0.25) is 0 Å². The normalized spacial score (nSPS) is 14.3. The van der Waals surface area contributed by atoms with Gasteiger partial charge in [0.2, 0.25) is 0 Å². The highest BCUT2D eigenvalue weighted by Gasteiger charge is 2.37. The van der Waals surface area contributed by atoms with Crippen LogP contribution in [0.1, 0.15) is 16.7 Å². The predicted octanol–water partition coefficient (Wildman–Crippen LogP) is 5.21. The molecule has 3 aromatic carbocycles. The van der Waals surface area contributed by atoms with Crippen LogP contribution in [-0.4, -0.2) is 45.3 Å². The SMILES string of the molecule is COc1ccc(N2C(=O)NC(=O)C(=Cc3cc(Br)c(OCCOc4ccc(C)c(C)c4)c(OC)c3)C2=O)cc1. The first-order valence-corrected chi connectivity index (χ1v) is 12.8. The molecule has 0 radical (unpaired) electrons. The molecular weight excluding hydrogens is 568 g/mol. The number of urea groups is 1. The zero-order chi connectivity index (χ0) is 28.1. The number of halogens is 1. The van der Waals surface area contributed by atoms with Crippen LogP contribution in [0.5, 0.6) is 23.0 Å². The van der Waals surface area contributed by atoms with Gasteiger partial charge in [-0.2, -0.15) is 0 Å². The maximum Gasteiger partial charge on any atom is 0.335 e. The van der Waals surface area contributed by atoms with E-state index in [1.165, 1.54) is 25.9 Å². The third-order valence-corrected chi connectivity index (χ3v) is 6.66. The molecule has 4 rings (SSSR count). The standard InChI is InChI=1S/C29H27BrN2O7/c1-17-5-8-22(13-18(17)2)38-11-12-39-26-24(30)15-19(16-25(26)37-4)14-23-27(33)31-29(35)32(28(23)34)20-6-9-21(36-3)10-7-20/h5-10,13-16H,11-12H2,1-4H3,(H,31,33,35). The van der Waals surface area contributed by atoms with Gasteiger partial charge in [0.25, 0.3) is 11.8 Å². The Kier molecular flexibility index (Phi) is 8.55. The van der Waals surface area contributed by atoms with Crippen LogP contribution < -0.4 is 29.2 Å². The first-order chi connectivity index (χ1) is 18.7. The van der Waals surface area contributed by atoms with Crippen molar-refractivity contribution in [3.05, 3.63) is 81.3 Å². The number of rotatable bonds is 9. The van der Waals surface area contributed by atoms with Gasteiger partial charge in [-0.3, -0.25) is 14.9 Å². The highest BCUT2D eigenvalue weighted by atomic mass is 79.9. The van der Waals surface area contributed by atoms with Crippen molar-refractivity contribution in [2.45, 2.75) is 13.8 Å². The quantitative estimate of drug-likeness (QED) is 0.206. The van der Waals surface area contributed by atoms with Crippen molar-refractivity contribution in [3.8, 4) is 23.0 Å². The number of carbonyl (C=O) groups excluding carboxylic acids is 3. The molecular formula is C29H27BrN2O7. The minimum Gasteiger partial charge on any atom is -0.497 e. The number of nitrogens with zero attached hydrogens (tertiary/aromatic N) is 1. The smallest absolute Gasteiger partial charge is 0.335 e. The average Bonchev–Trinajstić information content (AvgIpc) is 2.91. The molecule has 202 valence electrons. The Labute approximate surface area is 234 Å². The number of hydrogen-bond donors (Lipinski definition) is 1. The minimum absolute atomic E-state index is 0.213. The molecule has 1 aliphatic heterocycles. The van der Waals surface area contributed by atoms with Gasteiger partial charge in [-0.1, -0.05) is 6.07 Å². The van der Waals surface area contributed by atoms with Crippen molar-refractivity contribution in [2.24, 2.45) is 0 Å². The lowest BCUT2D eigenvalue weighted by atomic mass is 10.1. The summed E-state index contributed by atoms with van der Waals surface area (Å²) in [5, 5.41) is 2.21. The Morgan fingerprint density at radius 2 is 1.54 bits per heavy atom. The predicted molar refractivity (Wildman–Crippen MR) is 150 cm³/mol. The lowest BCUT2D eigenvalue weighted by Gasteiger charge is -2.26. The van der Waals surface area contributed by atoms with Gasteiger partial charge in [0.05, 0.1) is 24.4 Å². The second-order valence-electron chi connectivity index (χ2n) is 8.63. The van der Waals surface area contributed by atoms with E-state index in [1.807, 2.05) is 32.0 Å². The Balaban J connectivity index is 1.51. The van der Waals surface area contributed by atoms with E-state index in [9.17, 15) is 14.4 Å². The second-order valence-corrected chi connectivity index (χ2v) is 9.49. The summed E-state index contributed by atoms with van der Waals surface area (Å²) in [5.41, 5.74) is 2.90. The second kappa shape index (κ2) is 12.0. The maximum atomic E-state index is 13.2. The van der Waals surface area contributed by atoms with Crippen LogP contribution in [0, 0.1) is 13.8 Å². The topological polar surface area (TPSA) is 103 Å². The van der Waals surface area contributed by atoms with Crippen molar-refractivity contribution in [1.29, 1.82) is 0 Å². The van der Waals surface area contributed by atoms with E-state index in [0.717, 1.165) is 16.2 Å². The Hall–Kier alpha value is -4.31. The van der Waals surface area contributed by atoms with E-state index >= 15 is 0 Å². The van der Waals surface area contributed by atoms with Gasteiger partial charge in [0.1, 0.15) is 30.3 Å². The van der Waals surface area contributed by atoms with Crippen LogP contribution in [0.3, 0.4) is 0 Å². The summed E-state index contributed by atoms with van der Waals surface area (Å²) in [5.74, 6) is 0.590. The molecule has 0 spiro atoms. The Morgan fingerprint density at radius 1 is 0.846 bits per heavy atom. The van der Waals surface area contributed by atoms with Gasteiger partial charge in [-0.25, -0.2) is 9.69 Å². The van der Waals surface area contributed by atoms with E-state index in [0.29, 0.717) is 39.6 Å². The zero-order valence-electron chi connectivity index (χ0n) is 21.9. The van der Waals surface area contributed by atoms with Gasteiger partial charge in [0, 0.05) is 0 Å². The number of carbonyl (C=O) groups is 3. The van der Waals surface area contributed by atoms with Crippen LogP contribution in [0.15, 0.2) is 64.6 Å². The number of imide groups is 2. The van der Waals surface area contributed by atoms with E-state index in [1.54, 1.807) is 36.4 Å². The van der Waals surface area contributed by atoms with Gasteiger partial charge in [0.15, 0.2) is 11.5 Å². The van der Waals surface area contributed by atoms with Crippen molar-refractivity contribution in [2.75, 3.05) is 32.3 Å². The molecule has 0 unspecified atom stereocenters. The molecule has 1 saturated heterocycles. The molecule has 9 nitrogen and oxygen atoms in total. The molecule has 1 heterocycles. The van der Waals surface area contributed by atoms with E-state index < -0.39 is 17.8 Å². The van der Waals surface area contributed by atoms with E-state index in [4.69, 9.17) is 18.9 Å². The lowest BCUT2D eigenvalue weighted by molar-refractivity contribution is -0.122.